The summed E-state index contributed by atoms with van der Waals surface area (Å²) in [6.07, 6.45) is 3.23. The molecule has 3 nitrogen and oxygen atoms in total. The molecule has 0 atom stereocenters. The molecular weight excluding hydrogens is 234 g/mol. The van der Waals surface area contributed by atoms with Gasteiger partial charge >= 0.3 is 0 Å². The van der Waals surface area contributed by atoms with Crippen molar-refractivity contribution in [2.75, 3.05) is 18.0 Å². The third-order valence-corrected chi connectivity index (χ3v) is 3.71. The Morgan fingerprint density at radius 1 is 1.21 bits per heavy atom. The zero-order valence-electron chi connectivity index (χ0n) is 12.4. The number of rotatable bonds is 8. The van der Waals surface area contributed by atoms with Crippen LogP contribution in [-0.2, 0) is 0 Å². The van der Waals surface area contributed by atoms with Crippen molar-refractivity contribution in [1.82, 2.24) is 0 Å². The van der Waals surface area contributed by atoms with Crippen LogP contribution in [0.3, 0.4) is 0 Å². The molecule has 0 bridgehead atoms. The first kappa shape index (κ1) is 15.5. The quantitative estimate of drug-likeness (QED) is 0.426. The lowest BCUT2D eigenvalue weighted by Gasteiger charge is -2.25. The molecular formula is C16H27N3. The van der Waals surface area contributed by atoms with Crippen LogP contribution in [-0.4, -0.2) is 18.9 Å². The normalized spacial score (nSPS) is 11.3. The summed E-state index contributed by atoms with van der Waals surface area (Å²) in [4.78, 5) is 2.39. The average Bonchev–Trinajstić information content (AvgIpc) is 2.39. The predicted molar refractivity (Wildman–Crippen MR) is 83.9 cm³/mol. The second-order valence-electron chi connectivity index (χ2n) is 5.67. The van der Waals surface area contributed by atoms with Gasteiger partial charge < -0.3 is 10.6 Å². The summed E-state index contributed by atoms with van der Waals surface area (Å²) in [5.74, 6) is 0.294. The summed E-state index contributed by atoms with van der Waals surface area (Å²) in [6.45, 7) is 8.37. The molecule has 0 saturated carbocycles. The lowest BCUT2D eigenvalue weighted by molar-refractivity contribution is 0.441. The average molecular weight is 261 g/mol. The summed E-state index contributed by atoms with van der Waals surface area (Å²) in [6, 6.07) is 10.5. The molecule has 0 heterocycles. The van der Waals surface area contributed by atoms with Crippen molar-refractivity contribution in [3.8, 4) is 0 Å². The number of hydrogen-bond donors (Lipinski definition) is 2. The van der Waals surface area contributed by atoms with Gasteiger partial charge in [0.25, 0.3) is 0 Å². The van der Waals surface area contributed by atoms with Crippen LogP contribution in [0.4, 0.5) is 5.69 Å². The van der Waals surface area contributed by atoms with Crippen LogP contribution < -0.4 is 10.6 Å². The number of hydrogen-bond acceptors (Lipinski definition) is 2. The summed E-state index contributed by atoms with van der Waals surface area (Å²) < 4.78 is 0. The molecule has 0 spiro atoms. The van der Waals surface area contributed by atoms with Crippen LogP contribution in [0.1, 0.15) is 40.0 Å². The highest BCUT2D eigenvalue weighted by Gasteiger charge is 2.20. The van der Waals surface area contributed by atoms with E-state index in [9.17, 15) is 0 Å². The molecule has 106 valence electrons. The number of unbranched alkanes of at least 4 members (excludes halogenated alkanes) is 1. The van der Waals surface area contributed by atoms with Crippen molar-refractivity contribution in [3.05, 3.63) is 30.3 Å². The molecule has 0 fully saturated rings. The molecule has 0 radical (unpaired) electrons. The van der Waals surface area contributed by atoms with E-state index in [2.05, 4.69) is 36.1 Å². The number of benzene rings is 1. The molecule has 19 heavy (non-hydrogen) atoms. The number of nitrogens with two attached hydrogens (primary N) is 1. The number of nitrogens with zero attached hydrogens (tertiary/aromatic N) is 1. The number of amidine groups is 1. The molecule has 1 rings (SSSR count). The van der Waals surface area contributed by atoms with Gasteiger partial charge in [0.15, 0.2) is 0 Å². The van der Waals surface area contributed by atoms with Crippen molar-refractivity contribution >= 4 is 11.5 Å². The van der Waals surface area contributed by atoms with E-state index in [-0.39, 0.29) is 5.41 Å². The van der Waals surface area contributed by atoms with Gasteiger partial charge in [-0.15, -0.1) is 0 Å². The monoisotopic (exact) mass is 261 g/mol. The largest absolute Gasteiger partial charge is 0.387 e. The van der Waals surface area contributed by atoms with Crippen LogP contribution in [0.15, 0.2) is 30.3 Å². The van der Waals surface area contributed by atoms with E-state index >= 15 is 0 Å². The highest BCUT2D eigenvalue weighted by molar-refractivity contribution is 5.82. The zero-order valence-corrected chi connectivity index (χ0v) is 12.4. The Kier molecular flexibility index (Phi) is 5.87. The van der Waals surface area contributed by atoms with Gasteiger partial charge in [0.1, 0.15) is 0 Å². The van der Waals surface area contributed by atoms with Crippen molar-refractivity contribution in [2.24, 2.45) is 11.1 Å². The van der Waals surface area contributed by atoms with Gasteiger partial charge in [0.2, 0.25) is 0 Å². The Hall–Kier alpha value is -1.51. The van der Waals surface area contributed by atoms with Crippen LogP contribution in [0.2, 0.25) is 0 Å². The fourth-order valence-electron chi connectivity index (χ4n) is 2.11. The van der Waals surface area contributed by atoms with E-state index in [0.717, 1.165) is 32.4 Å². The van der Waals surface area contributed by atoms with Crippen molar-refractivity contribution in [3.63, 3.8) is 0 Å². The SMILES string of the molecule is CCN(CCCCC(C)(C)C(=N)N)c1ccccc1. The Morgan fingerprint density at radius 2 is 1.84 bits per heavy atom. The Balaban J connectivity index is 2.38. The molecule has 3 heteroatoms. The maximum Gasteiger partial charge on any atom is 0.0963 e. The second kappa shape index (κ2) is 7.17. The molecule has 0 amide bonds. The van der Waals surface area contributed by atoms with Crippen LogP contribution in [0, 0.1) is 10.8 Å². The number of anilines is 1. The molecule has 0 aliphatic rings. The number of nitrogens with one attached hydrogen (secondary N) is 1. The lowest BCUT2D eigenvalue weighted by Crippen LogP contribution is -2.31. The van der Waals surface area contributed by atoms with Crippen LogP contribution in [0.25, 0.3) is 0 Å². The van der Waals surface area contributed by atoms with Gasteiger partial charge in [-0.2, -0.15) is 0 Å². The van der Waals surface area contributed by atoms with Gasteiger partial charge in [-0.05, 0) is 31.9 Å². The fourth-order valence-corrected chi connectivity index (χ4v) is 2.11. The maximum atomic E-state index is 7.56. The minimum atomic E-state index is -0.163. The highest BCUT2D eigenvalue weighted by atomic mass is 15.1. The first-order valence-electron chi connectivity index (χ1n) is 7.12. The van der Waals surface area contributed by atoms with Crippen LogP contribution in [0.5, 0.6) is 0 Å². The molecule has 1 aromatic carbocycles. The summed E-state index contributed by atoms with van der Waals surface area (Å²) in [7, 11) is 0. The molecule has 0 aliphatic carbocycles. The standard InChI is InChI=1S/C16H27N3/c1-4-19(14-10-6-5-7-11-14)13-9-8-12-16(2,3)15(17)18/h5-7,10-11H,4,8-9,12-13H2,1-3H3,(H3,17,18). The molecule has 3 N–H and O–H groups in total. The van der Waals surface area contributed by atoms with Crippen molar-refractivity contribution in [2.45, 2.75) is 40.0 Å². The van der Waals surface area contributed by atoms with E-state index in [0.29, 0.717) is 5.84 Å². The minimum absolute atomic E-state index is 0.163. The fraction of sp³-hybridized carbons (Fsp3) is 0.562. The molecule has 0 saturated heterocycles. The molecule has 0 unspecified atom stereocenters. The van der Waals surface area contributed by atoms with Gasteiger partial charge in [-0.1, -0.05) is 38.5 Å². The van der Waals surface area contributed by atoms with Gasteiger partial charge in [-0.25, -0.2) is 0 Å². The molecule has 0 aliphatic heterocycles. The first-order chi connectivity index (χ1) is 8.97. The van der Waals surface area contributed by atoms with E-state index in [4.69, 9.17) is 11.1 Å². The zero-order chi connectivity index (χ0) is 14.3. The van der Waals surface area contributed by atoms with E-state index in [1.807, 2.05) is 19.9 Å². The maximum absolute atomic E-state index is 7.56. The Bertz CT molecular complexity index is 384. The predicted octanol–water partition coefficient (Wildman–Crippen LogP) is 3.65. The third kappa shape index (κ3) is 4.93. The lowest BCUT2D eigenvalue weighted by atomic mass is 9.86. The topological polar surface area (TPSA) is 53.1 Å². The molecule has 0 aromatic heterocycles. The summed E-state index contributed by atoms with van der Waals surface area (Å²) in [5, 5.41) is 7.56. The molecule has 1 aromatic rings. The Morgan fingerprint density at radius 3 is 2.37 bits per heavy atom. The first-order valence-corrected chi connectivity index (χ1v) is 7.12. The van der Waals surface area contributed by atoms with Crippen molar-refractivity contribution < 1.29 is 0 Å². The van der Waals surface area contributed by atoms with Crippen molar-refractivity contribution in [1.29, 1.82) is 5.41 Å². The minimum Gasteiger partial charge on any atom is -0.387 e. The van der Waals surface area contributed by atoms with E-state index in [1.165, 1.54) is 5.69 Å². The van der Waals surface area contributed by atoms with Gasteiger partial charge in [0.05, 0.1) is 5.84 Å². The van der Waals surface area contributed by atoms with E-state index in [1.54, 1.807) is 0 Å². The van der Waals surface area contributed by atoms with Gasteiger partial charge in [0, 0.05) is 24.2 Å². The Labute approximate surface area is 117 Å². The second-order valence-corrected chi connectivity index (χ2v) is 5.67. The number of para-hydroxylation sites is 1. The van der Waals surface area contributed by atoms with Crippen LogP contribution >= 0.6 is 0 Å². The smallest absolute Gasteiger partial charge is 0.0963 e. The summed E-state index contributed by atoms with van der Waals surface area (Å²) in [5.41, 5.74) is 6.73. The summed E-state index contributed by atoms with van der Waals surface area (Å²) >= 11 is 0. The van der Waals surface area contributed by atoms with Gasteiger partial charge in [-0.3, -0.25) is 5.41 Å². The third-order valence-electron chi connectivity index (χ3n) is 3.71. The van der Waals surface area contributed by atoms with E-state index < -0.39 is 0 Å². The highest BCUT2D eigenvalue weighted by Crippen LogP contribution is 2.23.